The molecule has 1 aromatic rings. The molecule has 0 bridgehead atoms. The monoisotopic (exact) mass is 283 g/mol. The van der Waals surface area contributed by atoms with Gasteiger partial charge in [0.2, 0.25) is 10.0 Å². The molecule has 0 saturated heterocycles. The molecule has 1 aliphatic carbocycles. The van der Waals surface area contributed by atoms with Crippen LogP contribution >= 0.6 is 0 Å². The van der Waals surface area contributed by atoms with Crippen molar-refractivity contribution in [1.82, 2.24) is 4.72 Å². The van der Waals surface area contributed by atoms with Gasteiger partial charge in [0.25, 0.3) is 0 Å². The van der Waals surface area contributed by atoms with Gasteiger partial charge < -0.3 is 5.11 Å². The first-order valence-corrected chi connectivity index (χ1v) is 8.35. The molecule has 1 saturated carbocycles. The molecule has 0 aromatic heterocycles. The molecule has 106 valence electrons. The molecule has 0 unspecified atom stereocenters. The summed E-state index contributed by atoms with van der Waals surface area (Å²) < 4.78 is 27.3. The summed E-state index contributed by atoms with van der Waals surface area (Å²) in [6.45, 7) is -0.226. The van der Waals surface area contributed by atoms with Gasteiger partial charge in [-0.05, 0) is 18.4 Å². The highest BCUT2D eigenvalue weighted by Gasteiger charge is 2.29. The third-order valence-electron chi connectivity index (χ3n) is 3.68. The van der Waals surface area contributed by atoms with Crippen molar-refractivity contribution in [3.8, 4) is 0 Å². The fourth-order valence-electron chi connectivity index (χ4n) is 2.57. The Balaban J connectivity index is 2.09. The van der Waals surface area contributed by atoms with E-state index in [2.05, 4.69) is 4.72 Å². The van der Waals surface area contributed by atoms with Gasteiger partial charge in [-0.3, -0.25) is 0 Å². The fraction of sp³-hybridized carbons (Fsp3) is 0.571. The number of aliphatic hydroxyl groups excluding tert-OH is 1. The number of nitrogens with one attached hydrogen (secondary N) is 1. The normalized spacial score (nSPS) is 19.2. The molecular formula is C14H21NO3S. The van der Waals surface area contributed by atoms with E-state index < -0.39 is 16.1 Å². The van der Waals surface area contributed by atoms with E-state index in [1.807, 2.05) is 30.3 Å². The number of aliphatic hydroxyl groups is 1. The highest BCUT2D eigenvalue weighted by atomic mass is 32.2. The van der Waals surface area contributed by atoms with Crippen molar-refractivity contribution in [2.45, 2.75) is 43.4 Å². The Kier molecular flexibility index (Phi) is 4.96. The first-order valence-electron chi connectivity index (χ1n) is 6.80. The summed E-state index contributed by atoms with van der Waals surface area (Å²) in [5.41, 5.74) is 0.796. The largest absolute Gasteiger partial charge is 0.394 e. The van der Waals surface area contributed by atoms with Crippen LogP contribution in [0.5, 0.6) is 0 Å². The summed E-state index contributed by atoms with van der Waals surface area (Å²) in [5, 5.41) is 9.11. The zero-order valence-corrected chi connectivity index (χ0v) is 11.8. The predicted molar refractivity (Wildman–Crippen MR) is 75.2 cm³/mol. The van der Waals surface area contributed by atoms with E-state index >= 15 is 0 Å². The van der Waals surface area contributed by atoms with Gasteiger partial charge in [0.1, 0.15) is 0 Å². The van der Waals surface area contributed by atoms with Crippen molar-refractivity contribution in [3.05, 3.63) is 35.9 Å². The fourth-order valence-corrected chi connectivity index (χ4v) is 4.32. The van der Waals surface area contributed by atoms with Crippen LogP contribution in [-0.4, -0.2) is 25.4 Å². The van der Waals surface area contributed by atoms with Crippen LogP contribution in [-0.2, 0) is 10.0 Å². The quantitative estimate of drug-likeness (QED) is 0.868. The number of hydrogen-bond acceptors (Lipinski definition) is 3. The summed E-state index contributed by atoms with van der Waals surface area (Å²) in [6.07, 6.45) is 4.51. The van der Waals surface area contributed by atoms with E-state index in [1.165, 1.54) is 0 Å². The summed E-state index contributed by atoms with van der Waals surface area (Å²) in [5.74, 6) is 0. The van der Waals surface area contributed by atoms with Gasteiger partial charge in [0, 0.05) is 0 Å². The Hall–Kier alpha value is -0.910. The molecule has 2 rings (SSSR count). The highest BCUT2D eigenvalue weighted by Crippen LogP contribution is 2.24. The third kappa shape index (κ3) is 3.78. The molecule has 0 spiro atoms. The van der Waals surface area contributed by atoms with Gasteiger partial charge in [0.05, 0.1) is 17.9 Å². The van der Waals surface area contributed by atoms with E-state index in [9.17, 15) is 13.5 Å². The maximum absolute atomic E-state index is 12.3. The van der Waals surface area contributed by atoms with E-state index in [0.29, 0.717) is 0 Å². The lowest BCUT2D eigenvalue weighted by Gasteiger charge is -2.25. The van der Waals surface area contributed by atoms with Crippen molar-refractivity contribution in [3.63, 3.8) is 0 Å². The maximum atomic E-state index is 12.3. The van der Waals surface area contributed by atoms with Crippen LogP contribution in [0.1, 0.15) is 43.7 Å². The smallest absolute Gasteiger partial charge is 0.215 e. The SMILES string of the molecule is O=S(=O)(N[C@@H](CO)c1ccccc1)C1CCCCC1. The Morgan fingerprint density at radius 1 is 1.16 bits per heavy atom. The van der Waals surface area contributed by atoms with Gasteiger partial charge in [-0.1, -0.05) is 49.6 Å². The third-order valence-corrected chi connectivity index (χ3v) is 5.64. The second-order valence-electron chi connectivity index (χ2n) is 5.07. The van der Waals surface area contributed by atoms with E-state index in [0.717, 1.165) is 37.7 Å². The van der Waals surface area contributed by atoms with Crippen molar-refractivity contribution in [2.24, 2.45) is 0 Å². The van der Waals surface area contributed by atoms with Gasteiger partial charge in [-0.2, -0.15) is 0 Å². The van der Waals surface area contributed by atoms with Crippen LogP contribution in [0.3, 0.4) is 0 Å². The average Bonchev–Trinajstić information content (AvgIpc) is 2.47. The van der Waals surface area contributed by atoms with E-state index in [1.54, 1.807) is 0 Å². The molecular weight excluding hydrogens is 262 g/mol. The molecule has 2 N–H and O–H groups in total. The second kappa shape index (κ2) is 6.50. The minimum Gasteiger partial charge on any atom is -0.394 e. The van der Waals surface area contributed by atoms with E-state index in [-0.39, 0.29) is 11.9 Å². The summed E-state index contributed by atoms with van der Waals surface area (Å²) in [7, 11) is -3.35. The molecule has 4 nitrogen and oxygen atoms in total. The van der Waals surface area contributed by atoms with Crippen LogP contribution in [0.25, 0.3) is 0 Å². The first kappa shape index (κ1) is 14.5. The number of rotatable bonds is 5. The molecule has 0 radical (unpaired) electrons. The van der Waals surface area contributed by atoms with Gasteiger partial charge in [-0.15, -0.1) is 0 Å². The van der Waals surface area contributed by atoms with Crippen LogP contribution in [0.2, 0.25) is 0 Å². The standard InChI is InChI=1S/C14H21NO3S/c16-11-14(12-7-3-1-4-8-12)15-19(17,18)13-9-5-2-6-10-13/h1,3-4,7-8,13-16H,2,5-6,9-11H2/t14-/m0/s1. The molecule has 0 heterocycles. The van der Waals surface area contributed by atoms with Crippen LogP contribution in [0.15, 0.2) is 30.3 Å². The molecule has 5 heteroatoms. The molecule has 1 atom stereocenters. The molecule has 1 aliphatic rings. The first-order chi connectivity index (χ1) is 9.13. The molecule has 19 heavy (non-hydrogen) atoms. The van der Waals surface area contributed by atoms with Gasteiger partial charge in [-0.25, -0.2) is 13.1 Å². The number of sulfonamides is 1. The van der Waals surface area contributed by atoms with Gasteiger partial charge in [0.15, 0.2) is 0 Å². The topological polar surface area (TPSA) is 66.4 Å². The zero-order valence-electron chi connectivity index (χ0n) is 11.0. The highest BCUT2D eigenvalue weighted by molar-refractivity contribution is 7.90. The average molecular weight is 283 g/mol. The maximum Gasteiger partial charge on any atom is 0.215 e. The predicted octanol–water partition coefficient (Wildman–Crippen LogP) is 1.97. The van der Waals surface area contributed by atoms with Crippen LogP contribution in [0.4, 0.5) is 0 Å². The lowest BCUT2D eigenvalue weighted by molar-refractivity contribution is 0.258. The molecule has 1 fully saturated rings. The Morgan fingerprint density at radius 2 is 1.79 bits per heavy atom. The Labute approximate surface area is 114 Å². The molecule has 0 amide bonds. The van der Waals surface area contributed by atoms with Crippen LogP contribution in [0, 0.1) is 0 Å². The van der Waals surface area contributed by atoms with E-state index in [4.69, 9.17) is 0 Å². The lowest BCUT2D eigenvalue weighted by atomic mass is 10.0. The molecule has 1 aromatic carbocycles. The van der Waals surface area contributed by atoms with Gasteiger partial charge >= 0.3 is 0 Å². The zero-order chi connectivity index (χ0) is 13.7. The van der Waals surface area contributed by atoms with Crippen LogP contribution < -0.4 is 4.72 Å². The number of benzene rings is 1. The Morgan fingerprint density at radius 3 is 2.37 bits per heavy atom. The van der Waals surface area contributed by atoms with Crippen molar-refractivity contribution >= 4 is 10.0 Å². The van der Waals surface area contributed by atoms with Crippen molar-refractivity contribution < 1.29 is 13.5 Å². The minimum absolute atomic E-state index is 0.226. The summed E-state index contributed by atoms with van der Waals surface area (Å²) in [4.78, 5) is 0. The number of hydrogen-bond donors (Lipinski definition) is 2. The molecule has 0 aliphatic heterocycles. The summed E-state index contributed by atoms with van der Waals surface area (Å²) in [6, 6.07) is 8.65. The van der Waals surface area contributed by atoms with Crippen molar-refractivity contribution in [2.75, 3.05) is 6.61 Å². The Bertz CT molecular complexity index is 481. The lowest BCUT2D eigenvalue weighted by Crippen LogP contribution is -2.39. The summed E-state index contributed by atoms with van der Waals surface area (Å²) >= 11 is 0. The minimum atomic E-state index is -3.35. The van der Waals surface area contributed by atoms with Crippen molar-refractivity contribution in [1.29, 1.82) is 0 Å². The second-order valence-corrected chi connectivity index (χ2v) is 7.06.